The van der Waals surface area contributed by atoms with Gasteiger partial charge < -0.3 is 61.2 Å². The SMILES string of the molecule is COc1ccc(C(OC[C@H]2O[C@@H](n3cnc4c(=O)[nH]c(NC(=O)C(C)C)nc43)C[C@@H]2OP(OCCOCCO[C@@H]2O[C@H](COC(C)=O)[C@@H](OC(C)=O)[C@H](OC(C)=O)[C@H]2OC(C)=O)N(C(C)C)C(C)C)(c2ccccc2)c2ccc(OC)cc2)cc1. The first kappa shape index (κ1) is 65.6. The molecule has 5 aromatic rings. The fraction of sp³-hybridized carbons (Fsp3) is 0.525. The number of ether oxygens (including phenoxy) is 11. The summed E-state index contributed by atoms with van der Waals surface area (Å²) in [5.74, 6) is -2.45. The smallest absolute Gasteiger partial charge is 0.303 e. The molecule has 0 saturated carbocycles. The highest BCUT2D eigenvalue weighted by atomic mass is 31.2. The number of nitrogens with one attached hydrogen (secondary N) is 2. The number of aromatic nitrogens is 4. The van der Waals surface area contributed by atoms with Crippen molar-refractivity contribution in [3.05, 3.63) is 112 Å². The molecule has 2 aromatic heterocycles. The third kappa shape index (κ3) is 16.7. The average molecular weight is 1210 g/mol. The lowest BCUT2D eigenvalue weighted by atomic mass is 9.80. The van der Waals surface area contributed by atoms with Crippen molar-refractivity contribution in [3.63, 3.8) is 0 Å². The zero-order valence-corrected chi connectivity index (χ0v) is 50.8. The minimum Gasteiger partial charge on any atom is -0.497 e. The Balaban J connectivity index is 1.16. The number of rotatable bonds is 29. The van der Waals surface area contributed by atoms with Crippen LogP contribution >= 0.6 is 8.53 Å². The van der Waals surface area contributed by atoms with Crippen LogP contribution in [0, 0.1) is 5.92 Å². The Labute approximate surface area is 494 Å². The summed E-state index contributed by atoms with van der Waals surface area (Å²) in [6, 6.07) is 25.0. The molecule has 9 atom stereocenters. The van der Waals surface area contributed by atoms with Crippen molar-refractivity contribution in [2.45, 2.75) is 142 Å². The van der Waals surface area contributed by atoms with E-state index in [0.717, 1.165) is 37.5 Å². The summed E-state index contributed by atoms with van der Waals surface area (Å²) in [6.45, 7) is 15.6. The first-order valence-electron chi connectivity index (χ1n) is 27.9. The van der Waals surface area contributed by atoms with Crippen LogP contribution in [0.25, 0.3) is 11.2 Å². The number of anilines is 1. The molecule has 85 heavy (non-hydrogen) atoms. The predicted molar refractivity (Wildman–Crippen MR) is 307 cm³/mol. The Morgan fingerprint density at radius 3 is 1.86 bits per heavy atom. The van der Waals surface area contributed by atoms with E-state index in [2.05, 4.69) is 24.9 Å². The maximum atomic E-state index is 13.5. The van der Waals surface area contributed by atoms with E-state index in [4.69, 9.17) is 61.2 Å². The maximum Gasteiger partial charge on any atom is 0.303 e. The third-order valence-electron chi connectivity index (χ3n) is 13.7. The highest BCUT2D eigenvalue weighted by Gasteiger charge is 2.53. The predicted octanol–water partition coefficient (Wildman–Crippen LogP) is 6.89. The van der Waals surface area contributed by atoms with Crippen LogP contribution in [0.2, 0.25) is 0 Å². The van der Waals surface area contributed by atoms with E-state index in [9.17, 15) is 28.8 Å². The second kappa shape index (κ2) is 30.4. The van der Waals surface area contributed by atoms with E-state index in [1.165, 1.54) is 13.3 Å². The van der Waals surface area contributed by atoms with Gasteiger partial charge in [-0.05, 0) is 68.7 Å². The quantitative estimate of drug-likeness (QED) is 0.0162. The number of carbonyl (C=O) groups is 5. The number of hydrogen-bond donors (Lipinski definition) is 2. The van der Waals surface area contributed by atoms with Crippen LogP contribution in [-0.4, -0.2) is 163 Å². The maximum absolute atomic E-state index is 13.5. The van der Waals surface area contributed by atoms with Crippen LogP contribution in [0.15, 0.2) is 90.0 Å². The van der Waals surface area contributed by atoms with E-state index >= 15 is 0 Å². The lowest BCUT2D eigenvalue weighted by Crippen LogP contribution is -2.63. The van der Waals surface area contributed by atoms with Crippen molar-refractivity contribution < 1.29 is 85.1 Å². The monoisotopic (exact) mass is 1200 g/mol. The van der Waals surface area contributed by atoms with Gasteiger partial charge >= 0.3 is 23.9 Å². The van der Waals surface area contributed by atoms with Crippen molar-refractivity contribution >= 4 is 55.4 Å². The number of methoxy groups -OCH3 is 2. The Bertz CT molecular complexity index is 3020. The minimum absolute atomic E-state index is 0.0326. The second-order valence-corrected chi connectivity index (χ2v) is 22.3. The lowest BCUT2D eigenvalue weighted by Gasteiger charge is -2.44. The van der Waals surface area contributed by atoms with Crippen LogP contribution in [0.1, 0.15) is 98.6 Å². The topological polar surface area (TPSA) is 284 Å². The van der Waals surface area contributed by atoms with E-state index < -0.39 is 105 Å². The summed E-state index contributed by atoms with van der Waals surface area (Å²) in [6.07, 6.45) is -7.45. The summed E-state index contributed by atoms with van der Waals surface area (Å²) in [5, 5.41) is 2.69. The standard InChI is InChI=1S/C59H77N6O19P/c1-34(2)55(70)62-58-61-54-50(56(71)63-58)60-33-64(54)49-30-46(47(82-49)32-77-59(41-16-14-13-15-17-41,42-18-22-44(72-11)23-19-42)43-20-24-45(73-12)25-21-43)84-85(65(35(3)4)36(5)6)78-29-27-74-26-28-75-57-53(81-40(10)69)52(80-39(9)68)51(79-38(8)67)48(83-57)31-76-37(7)66/h13-25,33-36,46-49,51-53,57H,26-32H2,1-12H3,(H2,61,62,63,70,71)/t46-,47+,48+,49+,51+,52-,53+,57+,85?/m0/s1. The number of benzene rings is 3. The van der Waals surface area contributed by atoms with Gasteiger partial charge in [-0.15, -0.1) is 0 Å². The van der Waals surface area contributed by atoms with Crippen molar-refractivity contribution in [2.24, 2.45) is 5.92 Å². The number of carbonyl (C=O) groups excluding carboxylic acids is 5. The van der Waals surface area contributed by atoms with Crippen molar-refractivity contribution in [1.82, 2.24) is 24.2 Å². The van der Waals surface area contributed by atoms with Gasteiger partial charge in [0, 0.05) is 52.1 Å². The van der Waals surface area contributed by atoms with Crippen molar-refractivity contribution in [2.75, 3.05) is 59.2 Å². The van der Waals surface area contributed by atoms with E-state index in [1.807, 2.05) is 107 Å². The molecule has 7 rings (SSSR count). The van der Waals surface area contributed by atoms with Crippen molar-refractivity contribution in [3.8, 4) is 11.5 Å². The van der Waals surface area contributed by atoms with Crippen LogP contribution in [0.3, 0.4) is 0 Å². The van der Waals surface area contributed by atoms with Gasteiger partial charge in [-0.25, -0.2) is 9.65 Å². The minimum atomic E-state index is -1.91. The number of H-pyrrole nitrogens is 1. The number of fused-ring (bicyclic) bond motifs is 1. The first-order chi connectivity index (χ1) is 40.6. The highest BCUT2D eigenvalue weighted by molar-refractivity contribution is 7.44. The van der Waals surface area contributed by atoms with Gasteiger partial charge in [0.05, 0.1) is 59.7 Å². The molecule has 2 aliphatic rings. The molecule has 0 bridgehead atoms. The average Bonchev–Trinajstić information content (AvgIpc) is 1.78. The van der Waals surface area contributed by atoms with E-state index in [1.54, 1.807) is 32.6 Å². The molecule has 2 fully saturated rings. The summed E-state index contributed by atoms with van der Waals surface area (Å²) >= 11 is 0. The first-order valence-corrected chi connectivity index (χ1v) is 29.1. The lowest BCUT2D eigenvalue weighted by molar-refractivity contribution is -0.309. The number of hydrogen-bond acceptors (Lipinski definition) is 22. The third-order valence-corrected chi connectivity index (χ3v) is 15.8. The second-order valence-electron chi connectivity index (χ2n) is 20.9. The molecule has 2 N–H and O–H groups in total. The van der Waals surface area contributed by atoms with Crippen LogP contribution in [0.5, 0.6) is 11.5 Å². The normalized spacial score (nSPS) is 21.0. The van der Waals surface area contributed by atoms with E-state index in [0.29, 0.717) is 11.5 Å². The number of nitrogens with zero attached hydrogens (tertiary/aromatic N) is 4. The Hall–Kier alpha value is -6.93. The molecule has 2 saturated heterocycles. The number of amides is 1. The van der Waals surface area contributed by atoms with Crippen LogP contribution in [0.4, 0.5) is 5.95 Å². The van der Waals surface area contributed by atoms with Gasteiger partial charge in [0.15, 0.2) is 35.8 Å². The molecule has 2 aliphatic heterocycles. The molecule has 3 aromatic carbocycles. The molecule has 26 heteroatoms. The zero-order chi connectivity index (χ0) is 61.5. The number of aromatic amines is 1. The van der Waals surface area contributed by atoms with Gasteiger partial charge in [0.25, 0.3) is 14.1 Å². The fourth-order valence-corrected chi connectivity index (χ4v) is 11.7. The molecule has 25 nitrogen and oxygen atoms in total. The molecule has 0 spiro atoms. The summed E-state index contributed by atoms with van der Waals surface area (Å²) in [4.78, 5) is 86.8. The molecule has 4 heterocycles. The molecular formula is C59H77N6O19P. The summed E-state index contributed by atoms with van der Waals surface area (Å²) < 4.78 is 83.1. The van der Waals surface area contributed by atoms with Gasteiger partial charge in [-0.3, -0.25) is 43.6 Å². The Kier molecular flexibility index (Phi) is 23.5. The molecule has 0 radical (unpaired) electrons. The Morgan fingerprint density at radius 1 is 0.718 bits per heavy atom. The van der Waals surface area contributed by atoms with Crippen LogP contribution in [-0.2, 0) is 81.3 Å². The number of imidazole rings is 1. The van der Waals surface area contributed by atoms with Crippen molar-refractivity contribution in [1.29, 1.82) is 0 Å². The highest BCUT2D eigenvalue weighted by Crippen LogP contribution is 2.51. The van der Waals surface area contributed by atoms with E-state index in [-0.39, 0.29) is 74.6 Å². The fourth-order valence-electron chi connectivity index (χ4n) is 9.93. The van der Waals surface area contributed by atoms with Gasteiger partial charge in [0.1, 0.15) is 42.1 Å². The zero-order valence-electron chi connectivity index (χ0n) is 49.9. The largest absolute Gasteiger partial charge is 0.497 e. The van der Waals surface area contributed by atoms with Gasteiger partial charge in [-0.2, -0.15) is 4.98 Å². The van der Waals surface area contributed by atoms with Gasteiger partial charge in [-0.1, -0.05) is 68.4 Å². The summed E-state index contributed by atoms with van der Waals surface area (Å²) in [5.41, 5.74) is 0.789. The molecular weight excluding hydrogens is 1130 g/mol. The number of esters is 4. The molecule has 0 aliphatic carbocycles. The molecule has 1 amide bonds. The van der Waals surface area contributed by atoms with Gasteiger partial charge in [0.2, 0.25) is 11.9 Å². The Morgan fingerprint density at radius 2 is 1.29 bits per heavy atom. The molecule has 1 unspecified atom stereocenters. The van der Waals surface area contributed by atoms with Crippen LogP contribution < -0.4 is 20.3 Å². The summed E-state index contributed by atoms with van der Waals surface area (Å²) in [7, 11) is 1.30. The molecule has 462 valence electrons.